The first-order valence-electron chi connectivity index (χ1n) is 9.33. The topological polar surface area (TPSA) is 66.5 Å². The van der Waals surface area contributed by atoms with E-state index in [4.69, 9.17) is 0 Å². The van der Waals surface area contributed by atoms with Gasteiger partial charge in [-0.2, -0.15) is 4.31 Å². The SMILES string of the molecule is C[C@H](NC(=O)CN(Cc1ccccc1F)S(C)(=O)=O)c1ccc2c(c1)CCC2. The highest BCUT2D eigenvalue weighted by Gasteiger charge is 2.23. The lowest BCUT2D eigenvalue weighted by atomic mass is 10.0. The molecular formula is C21H25FN2O3S. The van der Waals surface area contributed by atoms with Gasteiger partial charge < -0.3 is 5.32 Å². The molecule has 0 radical (unpaired) electrons. The third-order valence-electron chi connectivity index (χ3n) is 5.09. The van der Waals surface area contributed by atoms with Crippen LogP contribution in [-0.2, 0) is 34.2 Å². The van der Waals surface area contributed by atoms with Crippen LogP contribution in [0.25, 0.3) is 0 Å². The Labute approximate surface area is 165 Å². The van der Waals surface area contributed by atoms with Gasteiger partial charge >= 0.3 is 0 Å². The number of nitrogens with zero attached hydrogens (tertiary/aromatic N) is 1. The Balaban J connectivity index is 1.67. The molecule has 7 heteroatoms. The van der Waals surface area contributed by atoms with Crippen molar-refractivity contribution in [2.24, 2.45) is 0 Å². The van der Waals surface area contributed by atoms with E-state index in [2.05, 4.69) is 17.4 Å². The van der Waals surface area contributed by atoms with Gasteiger partial charge in [-0.25, -0.2) is 12.8 Å². The van der Waals surface area contributed by atoms with Crippen LogP contribution in [0.4, 0.5) is 4.39 Å². The first kappa shape index (κ1) is 20.5. The minimum atomic E-state index is -3.68. The number of carbonyl (C=O) groups excluding carboxylic acids is 1. The molecule has 1 aliphatic carbocycles. The van der Waals surface area contributed by atoms with E-state index in [0.717, 1.165) is 35.4 Å². The van der Waals surface area contributed by atoms with Crippen LogP contribution in [0.3, 0.4) is 0 Å². The van der Waals surface area contributed by atoms with Crippen LogP contribution in [0, 0.1) is 5.82 Å². The van der Waals surface area contributed by atoms with Crippen LogP contribution in [0.5, 0.6) is 0 Å². The second kappa shape index (κ2) is 8.41. The molecule has 3 rings (SSSR count). The van der Waals surface area contributed by atoms with Gasteiger partial charge in [0.15, 0.2) is 0 Å². The molecule has 1 aliphatic rings. The fraction of sp³-hybridized carbons (Fsp3) is 0.381. The van der Waals surface area contributed by atoms with Crippen molar-refractivity contribution in [2.45, 2.75) is 38.8 Å². The van der Waals surface area contributed by atoms with Crippen LogP contribution < -0.4 is 5.32 Å². The Kier molecular flexibility index (Phi) is 6.15. The second-order valence-electron chi connectivity index (χ2n) is 7.29. The average molecular weight is 405 g/mol. The molecule has 0 heterocycles. The predicted octanol–water partition coefficient (Wildman–Crippen LogP) is 2.95. The van der Waals surface area contributed by atoms with E-state index >= 15 is 0 Å². The van der Waals surface area contributed by atoms with Gasteiger partial charge in [0, 0.05) is 12.1 Å². The van der Waals surface area contributed by atoms with Crippen molar-refractivity contribution < 1.29 is 17.6 Å². The molecule has 1 amide bonds. The normalized spacial score (nSPS) is 14.7. The van der Waals surface area contributed by atoms with Gasteiger partial charge in [0.25, 0.3) is 0 Å². The number of benzene rings is 2. The number of amides is 1. The first-order valence-corrected chi connectivity index (χ1v) is 11.2. The maximum absolute atomic E-state index is 13.9. The summed E-state index contributed by atoms with van der Waals surface area (Å²) in [5.74, 6) is -0.919. The number of rotatable bonds is 7. The molecule has 0 saturated carbocycles. The average Bonchev–Trinajstić information content (AvgIpc) is 3.09. The third kappa shape index (κ3) is 4.97. The molecule has 0 fully saturated rings. The molecule has 0 spiro atoms. The van der Waals surface area contributed by atoms with Crippen LogP contribution in [0.1, 0.15) is 41.6 Å². The van der Waals surface area contributed by atoms with Crippen molar-refractivity contribution in [1.82, 2.24) is 9.62 Å². The number of hydrogen-bond donors (Lipinski definition) is 1. The Morgan fingerprint density at radius 3 is 2.61 bits per heavy atom. The lowest BCUT2D eigenvalue weighted by Crippen LogP contribution is -2.40. The van der Waals surface area contributed by atoms with Crippen LogP contribution >= 0.6 is 0 Å². The predicted molar refractivity (Wildman–Crippen MR) is 107 cm³/mol. The highest BCUT2D eigenvalue weighted by atomic mass is 32.2. The van der Waals surface area contributed by atoms with E-state index in [9.17, 15) is 17.6 Å². The molecule has 150 valence electrons. The summed E-state index contributed by atoms with van der Waals surface area (Å²) >= 11 is 0. The Bertz CT molecular complexity index is 975. The van der Waals surface area contributed by atoms with Gasteiger partial charge in [-0.1, -0.05) is 36.4 Å². The monoisotopic (exact) mass is 404 g/mol. The van der Waals surface area contributed by atoms with Crippen LogP contribution in [0.15, 0.2) is 42.5 Å². The van der Waals surface area contributed by atoms with E-state index in [1.54, 1.807) is 6.07 Å². The van der Waals surface area contributed by atoms with Gasteiger partial charge in [-0.3, -0.25) is 4.79 Å². The summed E-state index contributed by atoms with van der Waals surface area (Å²) in [6.07, 6.45) is 4.31. The van der Waals surface area contributed by atoms with E-state index in [-0.39, 0.29) is 24.7 Å². The van der Waals surface area contributed by atoms with Gasteiger partial charge in [0.05, 0.1) is 18.8 Å². The van der Waals surface area contributed by atoms with Gasteiger partial charge in [0.2, 0.25) is 15.9 Å². The lowest BCUT2D eigenvalue weighted by molar-refractivity contribution is -0.122. The number of nitrogens with one attached hydrogen (secondary N) is 1. The number of halogens is 1. The van der Waals surface area contributed by atoms with E-state index < -0.39 is 21.7 Å². The van der Waals surface area contributed by atoms with Crippen molar-refractivity contribution in [1.29, 1.82) is 0 Å². The summed E-state index contributed by atoms with van der Waals surface area (Å²) in [6, 6.07) is 11.9. The molecular weight excluding hydrogens is 379 g/mol. The number of hydrogen-bond acceptors (Lipinski definition) is 3. The maximum Gasteiger partial charge on any atom is 0.235 e. The van der Waals surface area contributed by atoms with Gasteiger partial charge in [-0.15, -0.1) is 0 Å². The molecule has 0 unspecified atom stereocenters. The van der Waals surface area contributed by atoms with Crippen molar-refractivity contribution >= 4 is 15.9 Å². The minimum Gasteiger partial charge on any atom is -0.348 e. The van der Waals surface area contributed by atoms with E-state index in [1.807, 2.05) is 13.0 Å². The zero-order chi connectivity index (χ0) is 20.3. The molecule has 0 aliphatic heterocycles. The molecule has 28 heavy (non-hydrogen) atoms. The van der Waals surface area contributed by atoms with E-state index in [0.29, 0.717) is 0 Å². The Morgan fingerprint density at radius 2 is 1.89 bits per heavy atom. The summed E-state index contributed by atoms with van der Waals surface area (Å²) in [7, 11) is -3.68. The number of aryl methyl sites for hydroxylation is 2. The van der Waals surface area contributed by atoms with Gasteiger partial charge in [-0.05, 0) is 48.9 Å². The fourth-order valence-electron chi connectivity index (χ4n) is 3.50. The van der Waals surface area contributed by atoms with Crippen molar-refractivity contribution in [2.75, 3.05) is 12.8 Å². The second-order valence-corrected chi connectivity index (χ2v) is 9.28. The minimum absolute atomic E-state index is 0.188. The molecule has 1 atom stereocenters. The fourth-order valence-corrected chi connectivity index (χ4v) is 4.22. The maximum atomic E-state index is 13.9. The van der Waals surface area contributed by atoms with Crippen molar-refractivity contribution in [3.05, 3.63) is 70.5 Å². The summed E-state index contributed by atoms with van der Waals surface area (Å²) in [6.45, 7) is 1.32. The summed E-state index contributed by atoms with van der Waals surface area (Å²) in [5, 5.41) is 2.85. The van der Waals surface area contributed by atoms with Crippen molar-refractivity contribution in [3.63, 3.8) is 0 Å². The highest BCUT2D eigenvalue weighted by Crippen LogP contribution is 2.25. The summed E-state index contributed by atoms with van der Waals surface area (Å²) in [4.78, 5) is 12.5. The third-order valence-corrected chi connectivity index (χ3v) is 6.29. The quantitative estimate of drug-likeness (QED) is 0.772. The zero-order valence-corrected chi connectivity index (χ0v) is 16.9. The van der Waals surface area contributed by atoms with Crippen molar-refractivity contribution in [3.8, 4) is 0 Å². The molecule has 0 bridgehead atoms. The molecule has 5 nitrogen and oxygen atoms in total. The zero-order valence-electron chi connectivity index (χ0n) is 16.1. The van der Waals surface area contributed by atoms with Crippen LogP contribution in [0.2, 0.25) is 0 Å². The molecule has 2 aromatic carbocycles. The largest absolute Gasteiger partial charge is 0.348 e. The molecule has 2 aromatic rings. The summed E-state index contributed by atoms with van der Waals surface area (Å²) < 4.78 is 39.1. The van der Waals surface area contributed by atoms with Gasteiger partial charge in [0.1, 0.15) is 5.82 Å². The highest BCUT2D eigenvalue weighted by molar-refractivity contribution is 7.88. The van der Waals surface area contributed by atoms with E-state index in [1.165, 1.54) is 29.3 Å². The van der Waals surface area contributed by atoms with Crippen LogP contribution in [-0.4, -0.2) is 31.4 Å². The Hall–Kier alpha value is -2.25. The molecule has 0 saturated heterocycles. The Morgan fingerprint density at radius 1 is 1.18 bits per heavy atom. The first-order chi connectivity index (χ1) is 13.2. The standard InChI is InChI=1S/C21H25FN2O3S/c1-15(17-11-10-16-7-5-8-18(16)12-17)23-21(25)14-24(28(2,26)27)13-19-6-3-4-9-20(19)22/h3-4,6,9-12,15H,5,7-8,13-14H2,1-2H3,(H,23,25)/t15-/m0/s1. The smallest absolute Gasteiger partial charge is 0.235 e. The molecule has 1 N–H and O–H groups in total. The summed E-state index contributed by atoms with van der Waals surface area (Å²) in [5.41, 5.74) is 3.90. The molecule has 0 aromatic heterocycles. The lowest BCUT2D eigenvalue weighted by Gasteiger charge is -2.22. The number of sulfonamides is 1. The number of carbonyl (C=O) groups is 1. The number of fused-ring (bicyclic) bond motifs is 1.